The molecular formula is C42H43ClO6. The van der Waals surface area contributed by atoms with Crippen LogP contribution in [0.2, 0.25) is 5.02 Å². The highest BCUT2D eigenvalue weighted by Gasteiger charge is 2.56. The van der Waals surface area contributed by atoms with Crippen LogP contribution >= 0.6 is 11.6 Å². The molecule has 254 valence electrons. The molecule has 0 spiro atoms. The Kier molecular flexibility index (Phi) is 11.8. The summed E-state index contributed by atoms with van der Waals surface area (Å²) in [7, 11) is 0. The molecule has 1 heterocycles. The molecule has 1 saturated heterocycles. The first kappa shape index (κ1) is 34.8. The summed E-state index contributed by atoms with van der Waals surface area (Å²) in [5, 5.41) is 13.3. The van der Waals surface area contributed by atoms with Gasteiger partial charge in [-0.05, 0) is 72.4 Å². The zero-order chi connectivity index (χ0) is 34.1. The van der Waals surface area contributed by atoms with Crippen molar-refractivity contribution in [2.24, 2.45) is 0 Å². The molecule has 0 amide bonds. The molecule has 49 heavy (non-hydrogen) atoms. The smallest absolute Gasteiger partial charge is 0.222 e. The molecule has 1 aliphatic heterocycles. The van der Waals surface area contributed by atoms with Crippen LogP contribution in [0.1, 0.15) is 47.2 Å². The number of hydrogen-bond acceptors (Lipinski definition) is 6. The van der Waals surface area contributed by atoms with E-state index < -0.39 is 30.2 Å². The first-order valence-corrected chi connectivity index (χ1v) is 17.2. The van der Waals surface area contributed by atoms with E-state index in [1.54, 1.807) is 12.1 Å². The van der Waals surface area contributed by atoms with Crippen molar-refractivity contribution in [3.63, 3.8) is 0 Å². The van der Waals surface area contributed by atoms with Gasteiger partial charge in [0.15, 0.2) is 0 Å². The SMILES string of the molecule is CCOc1ccc(Cc2cc(C3(O)O[C@H](C)[C@@H](OCc4ccccc4)[C@H](OCc4ccccc4)[C@H]3OCc3ccccc3)ccc2Cl)cc1. The van der Waals surface area contributed by atoms with Crippen molar-refractivity contribution in [3.8, 4) is 5.75 Å². The predicted octanol–water partition coefficient (Wildman–Crippen LogP) is 8.65. The maximum absolute atomic E-state index is 12.8. The van der Waals surface area contributed by atoms with Crippen LogP contribution in [-0.4, -0.2) is 36.1 Å². The van der Waals surface area contributed by atoms with Crippen LogP contribution in [0.3, 0.4) is 0 Å². The summed E-state index contributed by atoms with van der Waals surface area (Å²) in [5.41, 5.74) is 5.41. The molecular weight excluding hydrogens is 636 g/mol. The fraction of sp³-hybridized carbons (Fsp3) is 0.286. The van der Waals surface area contributed by atoms with Crippen molar-refractivity contribution in [3.05, 3.63) is 172 Å². The van der Waals surface area contributed by atoms with E-state index >= 15 is 0 Å². The summed E-state index contributed by atoms with van der Waals surface area (Å²) in [6.07, 6.45) is -2.23. The molecule has 1 fully saturated rings. The van der Waals surface area contributed by atoms with Gasteiger partial charge >= 0.3 is 0 Å². The first-order valence-electron chi connectivity index (χ1n) is 16.8. The van der Waals surface area contributed by atoms with Crippen LogP contribution in [-0.2, 0) is 51.0 Å². The monoisotopic (exact) mass is 678 g/mol. The number of halogens is 1. The van der Waals surface area contributed by atoms with Crippen molar-refractivity contribution in [1.29, 1.82) is 0 Å². The van der Waals surface area contributed by atoms with Gasteiger partial charge in [0, 0.05) is 10.6 Å². The Hall–Kier alpha value is -4.01. The Morgan fingerprint density at radius 1 is 0.653 bits per heavy atom. The second-order valence-electron chi connectivity index (χ2n) is 12.3. The lowest BCUT2D eigenvalue weighted by atomic mass is 9.86. The molecule has 7 heteroatoms. The van der Waals surface area contributed by atoms with Crippen LogP contribution in [0.15, 0.2) is 133 Å². The highest BCUT2D eigenvalue weighted by molar-refractivity contribution is 6.31. The van der Waals surface area contributed by atoms with Crippen LogP contribution in [0.25, 0.3) is 0 Å². The first-order chi connectivity index (χ1) is 23.9. The van der Waals surface area contributed by atoms with Gasteiger partial charge in [0.1, 0.15) is 24.1 Å². The summed E-state index contributed by atoms with van der Waals surface area (Å²) < 4.78 is 32.2. The number of benzene rings is 5. The van der Waals surface area contributed by atoms with E-state index in [0.717, 1.165) is 33.6 Å². The molecule has 0 aromatic heterocycles. The summed E-state index contributed by atoms with van der Waals surface area (Å²) in [6, 6.07) is 43.3. The van der Waals surface area contributed by atoms with Gasteiger partial charge < -0.3 is 28.8 Å². The van der Waals surface area contributed by atoms with Crippen molar-refractivity contribution in [2.75, 3.05) is 6.61 Å². The normalized spacial score (nSPS) is 22.1. The maximum atomic E-state index is 12.8. The Labute approximate surface area is 294 Å². The van der Waals surface area contributed by atoms with E-state index in [4.69, 9.17) is 35.3 Å². The average molecular weight is 679 g/mol. The average Bonchev–Trinajstić information content (AvgIpc) is 3.13. The minimum atomic E-state index is -1.89. The Bertz CT molecular complexity index is 1730. The van der Waals surface area contributed by atoms with E-state index in [1.807, 2.05) is 135 Å². The highest BCUT2D eigenvalue weighted by Crippen LogP contribution is 2.42. The number of aliphatic hydroxyl groups is 1. The summed E-state index contributed by atoms with van der Waals surface area (Å²) in [5.74, 6) is -1.07. The molecule has 1 N–H and O–H groups in total. The van der Waals surface area contributed by atoms with Crippen molar-refractivity contribution in [2.45, 2.75) is 70.3 Å². The van der Waals surface area contributed by atoms with Gasteiger partial charge in [0.05, 0.1) is 32.5 Å². The van der Waals surface area contributed by atoms with Gasteiger partial charge in [0.2, 0.25) is 5.79 Å². The van der Waals surface area contributed by atoms with Crippen molar-refractivity contribution in [1.82, 2.24) is 0 Å². The third-order valence-corrected chi connectivity index (χ3v) is 9.14. The molecule has 5 aromatic rings. The minimum absolute atomic E-state index is 0.231. The van der Waals surface area contributed by atoms with Gasteiger partial charge in [-0.3, -0.25) is 0 Å². The lowest BCUT2D eigenvalue weighted by Crippen LogP contribution is -2.64. The van der Waals surface area contributed by atoms with E-state index in [1.165, 1.54) is 0 Å². The third kappa shape index (κ3) is 8.78. The number of ether oxygens (including phenoxy) is 5. The van der Waals surface area contributed by atoms with E-state index in [9.17, 15) is 5.11 Å². The molecule has 0 aliphatic carbocycles. The molecule has 0 radical (unpaired) electrons. The van der Waals surface area contributed by atoms with E-state index in [-0.39, 0.29) is 6.61 Å². The topological polar surface area (TPSA) is 66.4 Å². The van der Waals surface area contributed by atoms with Gasteiger partial charge in [0.25, 0.3) is 0 Å². The number of rotatable bonds is 14. The zero-order valence-corrected chi connectivity index (χ0v) is 28.7. The van der Waals surface area contributed by atoms with Crippen LogP contribution in [0, 0.1) is 0 Å². The Balaban J connectivity index is 1.35. The molecule has 6 rings (SSSR count). The molecule has 1 aliphatic rings. The third-order valence-electron chi connectivity index (χ3n) is 8.77. The quantitative estimate of drug-likeness (QED) is 0.127. The van der Waals surface area contributed by atoms with Gasteiger partial charge in [-0.2, -0.15) is 0 Å². The van der Waals surface area contributed by atoms with Crippen molar-refractivity contribution >= 4 is 11.6 Å². The summed E-state index contributed by atoms with van der Waals surface area (Å²) in [4.78, 5) is 0. The number of hydrogen-bond donors (Lipinski definition) is 1. The van der Waals surface area contributed by atoms with Crippen LogP contribution in [0.5, 0.6) is 5.75 Å². The lowest BCUT2D eigenvalue weighted by Gasteiger charge is -2.50. The molecule has 0 saturated carbocycles. The molecule has 1 unspecified atom stereocenters. The summed E-state index contributed by atoms with van der Waals surface area (Å²) in [6.45, 7) is 5.35. The van der Waals surface area contributed by atoms with E-state index in [2.05, 4.69) is 0 Å². The largest absolute Gasteiger partial charge is 0.494 e. The second-order valence-corrected chi connectivity index (χ2v) is 12.7. The summed E-state index contributed by atoms with van der Waals surface area (Å²) >= 11 is 6.76. The second kappa shape index (κ2) is 16.6. The fourth-order valence-electron chi connectivity index (χ4n) is 6.25. The molecule has 5 atom stereocenters. The molecule has 0 bridgehead atoms. The molecule has 5 aromatic carbocycles. The van der Waals surface area contributed by atoms with Gasteiger partial charge in [-0.15, -0.1) is 0 Å². The van der Waals surface area contributed by atoms with Crippen LogP contribution in [0.4, 0.5) is 0 Å². The fourth-order valence-corrected chi connectivity index (χ4v) is 6.43. The van der Waals surface area contributed by atoms with Gasteiger partial charge in [-0.1, -0.05) is 121 Å². The standard InChI is InChI=1S/C42H43ClO6/c1-3-45-37-22-19-31(20-23-37)25-35-26-36(21-24-38(35)43)42(44)41(48-29-34-17-11-6-12-18-34)40(47-28-33-15-9-5-10-16-33)39(30(2)49-42)46-27-32-13-7-4-8-14-32/h4-24,26,30,39-41,44H,3,25,27-29H2,1-2H3/t30-,39-,40+,41-,42?/m1/s1. The van der Waals surface area contributed by atoms with Crippen molar-refractivity contribution < 1.29 is 28.8 Å². The Morgan fingerprint density at radius 2 is 1.18 bits per heavy atom. The van der Waals surface area contributed by atoms with Crippen LogP contribution < -0.4 is 4.74 Å². The van der Waals surface area contributed by atoms with E-state index in [0.29, 0.717) is 36.8 Å². The molecule has 6 nitrogen and oxygen atoms in total. The maximum Gasteiger partial charge on any atom is 0.222 e. The predicted molar refractivity (Wildman–Crippen MR) is 191 cm³/mol. The Morgan fingerprint density at radius 3 is 1.73 bits per heavy atom. The van der Waals surface area contributed by atoms with Gasteiger partial charge in [-0.25, -0.2) is 0 Å². The lowest BCUT2D eigenvalue weighted by molar-refractivity contribution is -0.371. The minimum Gasteiger partial charge on any atom is -0.494 e. The highest BCUT2D eigenvalue weighted by atomic mass is 35.5. The zero-order valence-electron chi connectivity index (χ0n) is 27.9.